The Morgan fingerprint density at radius 3 is 1.57 bits per heavy atom. The van der Waals surface area contributed by atoms with Gasteiger partial charge in [0, 0.05) is 7.11 Å². The van der Waals surface area contributed by atoms with Gasteiger partial charge in [0.2, 0.25) is 0 Å². The van der Waals surface area contributed by atoms with Crippen LogP contribution in [0.25, 0.3) is 0 Å². The van der Waals surface area contributed by atoms with E-state index in [1.165, 1.54) is 0 Å². The lowest BCUT2D eigenvalue weighted by Crippen LogP contribution is -2.71. The lowest BCUT2D eigenvalue weighted by molar-refractivity contribution is -0.361. The van der Waals surface area contributed by atoms with E-state index in [4.69, 9.17) is 23.7 Å². The van der Waals surface area contributed by atoms with Crippen molar-refractivity contribution in [2.24, 2.45) is 0 Å². The first-order valence-corrected chi connectivity index (χ1v) is 16.2. The molecule has 0 spiro atoms. The molecule has 0 aliphatic carbocycles. The van der Waals surface area contributed by atoms with Crippen LogP contribution in [-0.2, 0) is 42.5 Å². The molecule has 232 valence electrons. The summed E-state index contributed by atoms with van der Waals surface area (Å²) < 4.78 is 33.5. The van der Waals surface area contributed by atoms with Crippen LogP contribution in [-0.4, -0.2) is 57.9 Å². The van der Waals surface area contributed by atoms with E-state index in [2.05, 4.69) is 0 Å². The third kappa shape index (κ3) is 7.05. The summed E-state index contributed by atoms with van der Waals surface area (Å²) in [6, 6.07) is 39.8. The van der Waals surface area contributed by atoms with Crippen molar-refractivity contribution in [3.05, 3.63) is 144 Å². The lowest BCUT2D eigenvalue weighted by Gasteiger charge is -2.55. The minimum Gasteiger partial charge on any atom is -0.387 e. The Morgan fingerprint density at radius 1 is 0.705 bits per heavy atom. The number of aliphatic hydroxyl groups excluding tert-OH is 1. The summed E-state index contributed by atoms with van der Waals surface area (Å²) in [5, 5.41) is 12.5. The van der Waals surface area contributed by atoms with E-state index >= 15 is 0 Å². The molecule has 4 aromatic rings. The quantitative estimate of drug-likeness (QED) is 0.231. The van der Waals surface area contributed by atoms with Crippen molar-refractivity contribution in [1.82, 2.24) is 0 Å². The van der Waals surface area contributed by atoms with Crippen LogP contribution in [0.3, 0.4) is 0 Å². The lowest BCUT2D eigenvalue weighted by atomic mass is 9.75. The van der Waals surface area contributed by atoms with Crippen LogP contribution in [0, 0.1) is 0 Å². The maximum Gasteiger partial charge on any atom is 0.169 e. The zero-order chi connectivity index (χ0) is 31.2. The van der Waals surface area contributed by atoms with Gasteiger partial charge in [-0.1, -0.05) is 121 Å². The molecule has 4 aromatic carbocycles. The van der Waals surface area contributed by atoms with Gasteiger partial charge in [0.25, 0.3) is 0 Å². The molecule has 0 aromatic heterocycles. The standard InChI is InChI=1S/C37H44O6Si/c1-35(2,3)43-36(29-21-13-7-14-22-29,30-23-15-8-16-24-30)33-31(38)32(40-25-27-17-9-5-10-18-27)34(37(44,39-4)42-33)41-26-28-19-11-6-12-20-28/h5-24,31-34,38H,25-26H2,1-4,44H3/t31-,32-,33-,34+,37-/m0/s1. The highest BCUT2D eigenvalue weighted by Crippen LogP contribution is 2.48. The Kier molecular flexibility index (Phi) is 10.2. The van der Waals surface area contributed by atoms with Gasteiger partial charge in [0.05, 0.1) is 29.1 Å². The summed E-state index contributed by atoms with van der Waals surface area (Å²) in [5.74, 6) is 0. The van der Waals surface area contributed by atoms with Crippen molar-refractivity contribution in [3.8, 4) is 0 Å². The second-order valence-corrected chi connectivity index (χ2v) is 13.8. The zero-order valence-electron chi connectivity index (χ0n) is 26.3. The van der Waals surface area contributed by atoms with Crippen molar-refractivity contribution in [2.75, 3.05) is 7.11 Å². The fourth-order valence-electron chi connectivity index (χ4n) is 6.01. The van der Waals surface area contributed by atoms with Crippen LogP contribution >= 0.6 is 0 Å². The van der Waals surface area contributed by atoms with Crippen molar-refractivity contribution < 1.29 is 28.8 Å². The van der Waals surface area contributed by atoms with E-state index in [1.54, 1.807) is 7.11 Å². The molecule has 0 unspecified atom stereocenters. The third-order valence-electron chi connectivity index (χ3n) is 8.06. The molecule has 0 amide bonds. The highest BCUT2D eigenvalue weighted by Gasteiger charge is 2.61. The number of aliphatic hydroxyl groups is 1. The maximum atomic E-state index is 12.5. The molecular formula is C37H44O6Si. The number of hydrogen-bond acceptors (Lipinski definition) is 6. The van der Waals surface area contributed by atoms with Crippen molar-refractivity contribution in [3.63, 3.8) is 0 Å². The maximum absolute atomic E-state index is 12.5. The first kappa shape index (κ1) is 32.3. The van der Waals surface area contributed by atoms with E-state index in [1.807, 2.05) is 142 Å². The van der Waals surface area contributed by atoms with Gasteiger partial charge in [-0.15, -0.1) is 0 Å². The van der Waals surface area contributed by atoms with Gasteiger partial charge in [-0.3, -0.25) is 0 Å². The first-order valence-electron chi connectivity index (χ1n) is 15.2. The highest BCUT2D eigenvalue weighted by atomic mass is 28.1. The number of rotatable bonds is 11. The molecule has 0 bridgehead atoms. The number of benzene rings is 4. The molecule has 6 nitrogen and oxygen atoms in total. The predicted molar refractivity (Wildman–Crippen MR) is 175 cm³/mol. The average molecular weight is 613 g/mol. The van der Waals surface area contributed by atoms with Crippen LogP contribution in [0.5, 0.6) is 0 Å². The molecule has 1 fully saturated rings. The molecule has 1 heterocycles. The van der Waals surface area contributed by atoms with Crippen molar-refractivity contribution in [1.29, 1.82) is 0 Å². The van der Waals surface area contributed by atoms with Crippen LogP contribution in [0.4, 0.5) is 0 Å². The smallest absolute Gasteiger partial charge is 0.169 e. The summed E-state index contributed by atoms with van der Waals surface area (Å²) in [4.78, 5) is 0. The van der Waals surface area contributed by atoms with Crippen molar-refractivity contribution in [2.45, 2.75) is 75.0 Å². The SMILES string of the molecule is CO[C@]1([SiH3])O[C@H](C(OC(C)(C)C)(c2ccccc2)c2ccccc2)[C@@H](O)[C@H](OCc2ccccc2)[C@H]1OCc1ccccc1. The van der Waals surface area contributed by atoms with Crippen LogP contribution in [0.2, 0.25) is 0 Å². The van der Waals surface area contributed by atoms with E-state index < -0.39 is 41.0 Å². The molecule has 5 rings (SSSR count). The van der Waals surface area contributed by atoms with E-state index in [0.717, 1.165) is 22.3 Å². The highest BCUT2D eigenvalue weighted by molar-refractivity contribution is 6.14. The molecule has 1 aliphatic rings. The summed E-state index contributed by atoms with van der Waals surface area (Å²) in [6.45, 7) is 6.64. The minimum absolute atomic E-state index is 0.283. The average Bonchev–Trinajstić information content (AvgIpc) is 3.04. The van der Waals surface area contributed by atoms with Crippen LogP contribution < -0.4 is 0 Å². The van der Waals surface area contributed by atoms with E-state index in [-0.39, 0.29) is 6.61 Å². The molecule has 0 saturated carbocycles. The third-order valence-corrected chi connectivity index (χ3v) is 9.27. The summed E-state index contributed by atoms with van der Waals surface area (Å²) in [6.07, 6.45) is -3.58. The van der Waals surface area contributed by atoms with Crippen LogP contribution in [0.15, 0.2) is 121 Å². The molecule has 44 heavy (non-hydrogen) atoms. The number of methoxy groups -OCH3 is 1. The molecule has 1 N–H and O–H groups in total. The Labute approximate surface area is 264 Å². The van der Waals surface area contributed by atoms with E-state index in [9.17, 15) is 5.11 Å². The summed E-state index contributed by atoms with van der Waals surface area (Å²) in [7, 11) is 2.05. The Balaban J connectivity index is 1.64. The normalized spacial score (nSPS) is 24.3. The van der Waals surface area contributed by atoms with Crippen molar-refractivity contribution >= 4 is 10.2 Å². The molecule has 1 aliphatic heterocycles. The molecule has 7 heteroatoms. The minimum atomic E-state index is -1.22. The van der Waals surface area contributed by atoms with E-state index in [0.29, 0.717) is 16.8 Å². The second kappa shape index (κ2) is 13.9. The second-order valence-electron chi connectivity index (χ2n) is 12.4. The topological polar surface area (TPSA) is 66.4 Å². The Hall–Kier alpha value is -3.14. The number of hydrogen-bond donors (Lipinski definition) is 1. The first-order chi connectivity index (χ1) is 21.2. The summed E-state index contributed by atoms with van der Waals surface area (Å²) >= 11 is 0. The number of ether oxygens (including phenoxy) is 5. The van der Waals surface area contributed by atoms with Gasteiger partial charge in [-0.2, -0.15) is 0 Å². The Morgan fingerprint density at radius 2 is 1.14 bits per heavy atom. The Bertz CT molecular complexity index is 1390. The fourth-order valence-corrected chi connectivity index (χ4v) is 6.76. The summed E-state index contributed by atoms with van der Waals surface area (Å²) in [5.41, 5.74) is 0.709. The van der Waals surface area contributed by atoms with Gasteiger partial charge in [-0.05, 0) is 43.0 Å². The van der Waals surface area contributed by atoms with Gasteiger partial charge in [0.1, 0.15) is 30.0 Å². The molecule has 5 atom stereocenters. The van der Waals surface area contributed by atoms with Crippen LogP contribution in [0.1, 0.15) is 43.0 Å². The molecular weight excluding hydrogens is 568 g/mol. The largest absolute Gasteiger partial charge is 0.387 e. The van der Waals surface area contributed by atoms with Gasteiger partial charge < -0.3 is 28.8 Å². The predicted octanol–water partition coefficient (Wildman–Crippen LogP) is 5.34. The van der Waals surface area contributed by atoms with Gasteiger partial charge in [-0.25, -0.2) is 0 Å². The zero-order valence-corrected chi connectivity index (χ0v) is 28.3. The molecule has 0 radical (unpaired) electrons. The molecule has 1 saturated heterocycles. The monoisotopic (exact) mass is 612 g/mol. The van der Waals surface area contributed by atoms with Gasteiger partial charge in [0.15, 0.2) is 5.41 Å². The fraction of sp³-hybridized carbons (Fsp3) is 0.351. The van der Waals surface area contributed by atoms with Gasteiger partial charge >= 0.3 is 0 Å².